The Morgan fingerprint density at radius 1 is 1.26 bits per heavy atom. The summed E-state index contributed by atoms with van der Waals surface area (Å²) in [6.07, 6.45) is 3.85. The minimum Gasteiger partial charge on any atom is -0.381 e. The monoisotopic (exact) mass is 434 g/mol. The first-order valence-corrected chi connectivity index (χ1v) is 8.05. The molecule has 0 amide bonds. The third-order valence-electron chi connectivity index (χ3n) is 3.11. The molecule has 132 valence electrons. The maximum Gasteiger partial charge on any atom is 0.190 e. The van der Waals surface area contributed by atoms with Crippen molar-refractivity contribution in [3.63, 3.8) is 0 Å². The Labute approximate surface area is 157 Å². The lowest BCUT2D eigenvalue weighted by Crippen LogP contribution is -2.39. The van der Waals surface area contributed by atoms with E-state index in [9.17, 15) is 0 Å². The summed E-state index contributed by atoms with van der Waals surface area (Å²) in [6, 6.07) is 4.16. The molecule has 0 atom stereocenters. The highest BCUT2D eigenvalue weighted by molar-refractivity contribution is 14.0. The van der Waals surface area contributed by atoms with Crippen LogP contribution in [0.3, 0.4) is 0 Å². The zero-order valence-corrected chi connectivity index (χ0v) is 17.1. The van der Waals surface area contributed by atoms with Crippen LogP contribution in [0.4, 0.5) is 0 Å². The molecule has 2 N–H and O–H groups in total. The smallest absolute Gasteiger partial charge is 0.190 e. The van der Waals surface area contributed by atoms with E-state index in [4.69, 9.17) is 4.74 Å². The number of nitrogens with one attached hydrogen (secondary N) is 2. The molecule has 1 aromatic rings. The predicted molar refractivity (Wildman–Crippen MR) is 108 cm³/mol. The Morgan fingerprint density at radius 3 is 2.61 bits per heavy atom. The van der Waals surface area contributed by atoms with Crippen LogP contribution in [0.15, 0.2) is 23.3 Å². The minimum atomic E-state index is 0. The molecule has 6 heteroatoms. The normalized spacial score (nSPS) is 11.3. The van der Waals surface area contributed by atoms with Crippen LogP contribution in [-0.2, 0) is 11.2 Å². The van der Waals surface area contributed by atoms with Crippen molar-refractivity contribution in [2.24, 2.45) is 10.9 Å². The maximum absolute atomic E-state index is 5.55. The number of aryl methyl sites for hydroxylation is 1. The van der Waals surface area contributed by atoms with Crippen LogP contribution in [0.5, 0.6) is 0 Å². The first-order chi connectivity index (χ1) is 10.6. The van der Waals surface area contributed by atoms with Gasteiger partial charge in [-0.2, -0.15) is 0 Å². The number of pyridine rings is 1. The molecule has 1 heterocycles. The first kappa shape index (κ1) is 22.1. The summed E-state index contributed by atoms with van der Waals surface area (Å²) in [6.45, 7) is 9.65. The van der Waals surface area contributed by atoms with Crippen LogP contribution < -0.4 is 10.6 Å². The average molecular weight is 434 g/mol. The van der Waals surface area contributed by atoms with Gasteiger partial charge < -0.3 is 15.4 Å². The third-order valence-corrected chi connectivity index (χ3v) is 3.11. The molecule has 23 heavy (non-hydrogen) atoms. The van der Waals surface area contributed by atoms with Crippen LogP contribution >= 0.6 is 24.0 Å². The molecule has 0 spiro atoms. The Kier molecular flexibility index (Phi) is 13.0. The highest BCUT2D eigenvalue weighted by Crippen LogP contribution is 1.99. The zero-order chi connectivity index (χ0) is 16.2. The number of hydrogen-bond acceptors (Lipinski definition) is 3. The molecule has 0 bridgehead atoms. The quantitative estimate of drug-likeness (QED) is 0.272. The van der Waals surface area contributed by atoms with Crippen molar-refractivity contribution in [3.8, 4) is 0 Å². The van der Waals surface area contributed by atoms with E-state index < -0.39 is 0 Å². The predicted octanol–water partition coefficient (Wildman–Crippen LogP) is 2.78. The lowest BCUT2D eigenvalue weighted by Gasteiger charge is -2.12. The van der Waals surface area contributed by atoms with E-state index in [1.807, 2.05) is 19.2 Å². The summed E-state index contributed by atoms with van der Waals surface area (Å²) in [4.78, 5) is 8.52. The van der Waals surface area contributed by atoms with Crippen LogP contribution in [-0.4, -0.2) is 44.3 Å². The standard InChI is InChI=1S/C17H30N4O.HI/c1-14(2)13-22-11-5-9-19-17(18-4)20-10-8-16-7-6-15(3)21-12-16;/h6-7,12,14H,5,8-11,13H2,1-4H3,(H2,18,19,20);1H. The summed E-state index contributed by atoms with van der Waals surface area (Å²) >= 11 is 0. The van der Waals surface area contributed by atoms with Crippen LogP contribution in [0.25, 0.3) is 0 Å². The molecule has 0 aliphatic heterocycles. The topological polar surface area (TPSA) is 58.5 Å². The van der Waals surface area contributed by atoms with Gasteiger partial charge in [0.05, 0.1) is 0 Å². The molecule has 1 rings (SSSR count). The van der Waals surface area contributed by atoms with Gasteiger partial charge in [-0.05, 0) is 37.3 Å². The second-order valence-electron chi connectivity index (χ2n) is 5.81. The second kappa shape index (κ2) is 13.5. The number of aliphatic imine (C=N–C) groups is 1. The van der Waals surface area contributed by atoms with Crippen molar-refractivity contribution in [1.82, 2.24) is 15.6 Å². The molecule has 0 unspecified atom stereocenters. The van der Waals surface area contributed by atoms with Gasteiger partial charge in [0, 0.05) is 45.2 Å². The largest absolute Gasteiger partial charge is 0.381 e. The lowest BCUT2D eigenvalue weighted by molar-refractivity contribution is 0.108. The molecule has 0 saturated heterocycles. The molecule has 0 aromatic carbocycles. The number of guanidine groups is 1. The van der Waals surface area contributed by atoms with Gasteiger partial charge in [-0.1, -0.05) is 19.9 Å². The van der Waals surface area contributed by atoms with Crippen molar-refractivity contribution in [2.75, 3.05) is 33.4 Å². The first-order valence-electron chi connectivity index (χ1n) is 8.05. The third kappa shape index (κ3) is 11.3. The molecule has 5 nitrogen and oxygen atoms in total. The van der Waals surface area contributed by atoms with Gasteiger partial charge in [0.15, 0.2) is 5.96 Å². The Morgan fingerprint density at radius 2 is 2.00 bits per heavy atom. The van der Waals surface area contributed by atoms with E-state index in [2.05, 4.69) is 40.5 Å². The summed E-state index contributed by atoms with van der Waals surface area (Å²) < 4.78 is 5.55. The Bertz CT molecular complexity index is 435. The highest BCUT2D eigenvalue weighted by atomic mass is 127. The van der Waals surface area contributed by atoms with Crippen molar-refractivity contribution < 1.29 is 4.74 Å². The van der Waals surface area contributed by atoms with Gasteiger partial charge in [-0.3, -0.25) is 9.98 Å². The summed E-state index contributed by atoms with van der Waals surface area (Å²) in [7, 11) is 1.79. The van der Waals surface area contributed by atoms with Crippen molar-refractivity contribution in [1.29, 1.82) is 0 Å². The molecular formula is C17H31IN4O. The van der Waals surface area contributed by atoms with Crippen molar-refractivity contribution >= 4 is 29.9 Å². The van der Waals surface area contributed by atoms with Gasteiger partial charge in [-0.25, -0.2) is 0 Å². The van der Waals surface area contributed by atoms with E-state index in [1.54, 1.807) is 7.05 Å². The average Bonchev–Trinajstić information content (AvgIpc) is 2.50. The van der Waals surface area contributed by atoms with E-state index in [1.165, 1.54) is 5.56 Å². The number of aromatic nitrogens is 1. The summed E-state index contributed by atoms with van der Waals surface area (Å²) in [5.74, 6) is 1.43. The van der Waals surface area contributed by atoms with Crippen molar-refractivity contribution in [3.05, 3.63) is 29.6 Å². The van der Waals surface area contributed by atoms with Crippen LogP contribution in [0.1, 0.15) is 31.5 Å². The molecule has 0 fully saturated rings. The summed E-state index contributed by atoms with van der Waals surface area (Å²) in [5, 5.41) is 6.61. The number of nitrogens with zero attached hydrogens (tertiary/aromatic N) is 2. The van der Waals surface area contributed by atoms with Crippen LogP contribution in [0.2, 0.25) is 0 Å². The number of rotatable bonds is 9. The number of ether oxygens (including phenoxy) is 1. The number of halogens is 1. The Balaban J connectivity index is 0.00000484. The second-order valence-corrected chi connectivity index (χ2v) is 5.81. The highest BCUT2D eigenvalue weighted by Gasteiger charge is 1.99. The summed E-state index contributed by atoms with van der Waals surface area (Å²) in [5.41, 5.74) is 2.28. The fourth-order valence-electron chi connectivity index (χ4n) is 1.89. The number of hydrogen-bond donors (Lipinski definition) is 2. The van der Waals surface area contributed by atoms with Gasteiger partial charge in [-0.15, -0.1) is 24.0 Å². The molecular weight excluding hydrogens is 403 g/mol. The van der Waals surface area contributed by atoms with E-state index in [0.717, 1.165) is 50.8 Å². The fourth-order valence-corrected chi connectivity index (χ4v) is 1.89. The molecule has 0 saturated carbocycles. The van der Waals surface area contributed by atoms with Gasteiger partial charge in [0.2, 0.25) is 0 Å². The SMILES string of the molecule is CN=C(NCCCOCC(C)C)NCCc1ccc(C)nc1.I. The molecule has 0 aliphatic rings. The Hall–Kier alpha value is -0.890. The minimum absolute atomic E-state index is 0. The van der Waals surface area contributed by atoms with Gasteiger partial charge in [0.25, 0.3) is 0 Å². The molecule has 1 aromatic heterocycles. The van der Waals surface area contributed by atoms with Crippen LogP contribution in [0, 0.1) is 12.8 Å². The zero-order valence-electron chi connectivity index (χ0n) is 14.8. The lowest BCUT2D eigenvalue weighted by atomic mass is 10.2. The molecule has 0 radical (unpaired) electrons. The molecule has 0 aliphatic carbocycles. The van der Waals surface area contributed by atoms with E-state index >= 15 is 0 Å². The van der Waals surface area contributed by atoms with E-state index in [-0.39, 0.29) is 24.0 Å². The van der Waals surface area contributed by atoms with Gasteiger partial charge >= 0.3 is 0 Å². The van der Waals surface area contributed by atoms with Gasteiger partial charge in [0.1, 0.15) is 0 Å². The maximum atomic E-state index is 5.55. The van der Waals surface area contributed by atoms with E-state index in [0.29, 0.717) is 5.92 Å². The van der Waals surface area contributed by atoms with Crippen molar-refractivity contribution in [2.45, 2.75) is 33.6 Å². The fraction of sp³-hybridized carbons (Fsp3) is 0.647.